The Morgan fingerprint density at radius 1 is 1.38 bits per heavy atom. The van der Waals surface area contributed by atoms with E-state index in [4.69, 9.17) is 16.3 Å². The van der Waals surface area contributed by atoms with Gasteiger partial charge in [-0.2, -0.15) is 0 Å². The minimum Gasteiger partial charge on any atom is -0.448 e. The Hall–Kier alpha value is -1.07. The van der Waals surface area contributed by atoms with Gasteiger partial charge in [0, 0.05) is 6.04 Å². The molecule has 2 rings (SSSR count). The molecule has 0 aliphatic heterocycles. The van der Waals surface area contributed by atoms with E-state index in [2.05, 4.69) is 12.2 Å². The summed E-state index contributed by atoms with van der Waals surface area (Å²) in [5, 5.41) is 2.99. The quantitative estimate of drug-likeness (QED) is 0.858. The first-order valence-corrected chi connectivity index (χ1v) is 8.43. The second kappa shape index (κ2) is 7.27. The molecule has 4 nitrogen and oxygen atoms in total. The van der Waals surface area contributed by atoms with Gasteiger partial charge in [-0.3, -0.25) is 4.79 Å². The average molecular weight is 330 g/mol. The van der Waals surface area contributed by atoms with Gasteiger partial charge in [0.15, 0.2) is 6.10 Å². The molecule has 1 amide bonds. The molecule has 1 aromatic heterocycles. The van der Waals surface area contributed by atoms with E-state index in [9.17, 15) is 9.59 Å². The van der Waals surface area contributed by atoms with Crippen LogP contribution in [0.5, 0.6) is 0 Å². The van der Waals surface area contributed by atoms with Crippen molar-refractivity contribution >= 4 is 34.8 Å². The van der Waals surface area contributed by atoms with Gasteiger partial charge >= 0.3 is 5.97 Å². The molecular formula is C15H20ClNO3S. The lowest BCUT2D eigenvalue weighted by Gasteiger charge is -2.30. The van der Waals surface area contributed by atoms with Gasteiger partial charge in [0.2, 0.25) is 0 Å². The predicted molar refractivity (Wildman–Crippen MR) is 83.8 cm³/mol. The van der Waals surface area contributed by atoms with Gasteiger partial charge in [0.05, 0.1) is 4.34 Å². The Balaban J connectivity index is 1.86. The van der Waals surface area contributed by atoms with E-state index in [-0.39, 0.29) is 11.9 Å². The molecule has 21 heavy (non-hydrogen) atoms. The van der Waals surface area contributed by atoms with Gasteiger partial charge in [0.1, 0.15) is 4.88 Å². The molecule has 0 saturated heterocycles. The second-order valence-electron chi connectivity index (χ2n) is 5.53. The van der Waals surface area contributed by atoms with Crippen LogP contribution < -0.4 is 5.32 Å². The van der Waals surface area contributed by atoms with Crippen LogP contribution in [0.4, 0.5) is 0 Å². The van der Waals surface area contributed by atoms with Gasteiger partial charge in [-0.1, -0.05) is 31.4 Å². The van der Waals surface area contributed by atoms with Gasteiger partial charge < -0.3 is 10.1 Å². The number of ether oxygens (including phenoxy) is 1. The summed E-state index contributed by atoms with van der Waals surface area (Å²) in [4.78, 5) is 24.4. The Bertz CT molecular complexity index is 517. The molecule has 116 valence electrons. The molecule has 1 aliphatic carbocycles. The SMILES string of the molecule is C[C@@H](OC(=O)c1ccc(Cl)s1)C(=O)N[C@H]1CCCC[C@@H]1C. The fraction of sp³-hybridized carbons (Fsp3) is 0.600. The molecular weight excluding hydrogens is 310 g/mol. The van der Waals surface area contributed by atoms with Crippen molar-refractivity contribution in [3.05, 3.63) is 21.3 Å². The van der Waals surface area contributed by atoms with E-state index in [1.165, 1.54) is 6.42 Å². The predicted octanol–water partition coefficient (Wildman–Crippen LogP) is 3.64. The summed E-state index contributed by atoms with van der Waals surface area (Å²) in [7, 11) is 0. The summed E-state index contributed by atoms with van der Waals surface area (Å²) in [5.74, 6) is -0.266. The molecule has 1 aliphatic rings. The number of rotatable bonds is 4. The molecule has 0 aromatic carbocycles. The second-order valence-corrected chi connectivity index (χ2v) is 7.24. The van der Waals surface area contributed by atoms with Crippen LogP contribution in [0.15, 0.2) is 12.1 Å². The molecule has 3 atom stereocenters. The molecule has 1 aromatic rings. The number of nitrogens with one attached hydrogen (secondary N) is 1. The lowest BCUT2D eigenvalue weighted by atomic mass is 9.86. The normalized spacial score (nSPS) is 23.4. The number of thiophene rings is 1. The van der Waals surface area contributed by atoms with E-state index in [1.807, 2.05) is 0 Å². The van der Waals surface area contributed by atoms with E-state index < -0.39 is 12.1 Å². The lowest BCUT2D eigenvalue weighted by Crippen LogP contribution is -2.45. The molecule has 1 fully saturated rings. The van der Waals surface area contributed by atoms with Crippen molar-refractivity contribution in [1.29, 1.82) is 0 Å². The molecule has 1 heterocycles. The summed E-state index contributed by atoms with van der Waals surface area (Å²) < 4.78 is 5.71. The highest BCUT2D eigenvalue weighted by Gasteiger charge is 2.26. The van der Waals surface area contributed by atoms with E-state index in [0.717, 1.165) is 30.6 Å². The Morgan fingerprint density at radius 3 is 2.71 bits per heavy atom. The summed E-state index contributed by atoms with van der Waals surface area (Å²) in [6.07, 6.45) is 3.68. The van der Waals surface area contributed by atoms with Crippen LogP contribution in [0.25, 0.3) is 0 Å². The highest BCUT2D eigenvalue weighted by Crippen LogP contribution is 2.24. The summed E-state index contributed by atoms with van der Waals surface area (Å²) in [6, 6.07) is 3.42. The third-order valence-corrected chi connectivity index (χ3v) is 5.08. The third kappa shape index (κ3) is 4.45. The maximum absolute atomic E-state index is 12.1. The van der Waals surface area contributed by atoms with Crippen LogP contribution in [0.2, 0.25) is 4.34 Å². The van der Waals surface area contributed by atoms with Crippen molar-refractivity contribution in [1.82, 2.24) is 5.32 Å². The average Bonchev–Trinajstić information content (AvgIpc) is 2.88. The van der Waals surface area contributed by atoms with Crippen LogP contribution in [0, 0.1) is 5.92 Å². The van der Waals surface area contributed by atoms with Crippen molar-refractivity contribution in [2.45, 2.75) is 51.7 Å². The largest absolute Gasteiger partial charge is 0.448 e. The molecule has 0 radical (unpaired) electrons. The third-order valence-electron chi connectivity index (χ3n) is 3.87. The van der Waals surface area contributed by atoms with Crippen molar-refractivity contribution in [3.8, 4) is 0 Å². The number of hydrogen-bond acceptors (Lipinski definition) is 4. The van der Waals surface area contributed by atoms with Gasteiger partial charge in [-0.25, -0.2) is 4.79 Å². The topological polar surface area (TPSA) is 55.4 Å². The van der Waals surface area contributed by atoms with Crippen LogP contribution in [-0.2, 0) is 9.53 Å². The van der Waals surface area contributed by atoms with Gasteiger partial charge in [-0.05, 0) is 37.8 Å². The zero-order valence-corrected chi connectivity index (χ0v) is 13.8. The molecule has 6 heteroatoms. The zero-order chi connectivity index (χ0) is 15.4. The number of halogens is 1. The highest BCUT2D eigenvalue weighted by molar-refractivity contribution is 7.17. The smallest absolute Gasteiger partial charge is 0.349 e. The standard InChI is InChI=1S/C15H20ClNO3S/c1-9-5-3-4-6-11(9)17-14(18)10(2)20-15(19)12-7-8-13(16)21-12/h7-11H,3-6H2,1-2H3,(H,17,18)/t9-,10+,11-/m0/s1. The van der Waals surface area contributed by atoms with E-state index in [0.29, 0.717) is 15.1 Å². The highest BCUT2D eigenvalue weighted by atomic mass is 35.5. The van der Waals surface area contributed by atoms with Crippen molar-refractivity contribution in [2.24, 2.45) is 5.92 Å². The number of esters is 1. The first kappa shape index (κ1) is 16.3. The van der Waals surface area contributed by atoms with Gasteiger partial charge in [0.25, 0.3) is 5.91 Å². The molecule has 1 saturated carbocycles. The van der Waals surface area contributed by atoms with Crippen LogP contribution in [0.3, 0.4) is 0 Å². The Morgan fingerprint density at radius 2 is 2.10 bits per heavy atom. The fourth-order valence-corrected chi connectivity index (χ4v) is 3.45. The Kier molecular flexibility index (Phi) is 5.65. The minimum absolute atomic E-state index is 0.184. The zero-order valence-electron chi connectivity index (χ0n) is 12.2. The number of hydrogen-bond donors (Lipinski definition) is 1. The van der Waals surface area contributed by atoms with Crippen molar-refractivity contribution in [3.63, 3.8) is 0 Å². The van der Waals surface area contributed by atoms with Crippen molar-refractivity contribution in [2.75, 3.05) is 0 Å². The van der Waals surface area contributed by atoms with E-state index >= 15 is 0 Å². The van der Waals surface area contributed by atoms with Crippen LogP contribution in [0.1, 0.15) is 49.2 Å². The fourth-order valence-electron chi connectivity index (χ4n) is 2.53. The first-order chi connectivity index (χ1) is 9.97. The molecule has 0 spiro atoms. The van der Waals surface area contributed by atoms with Crippen molar-refractivity contribution < 1.29 is 14.3 Å². The summed E-state index contributed by atoms with van der Waals surface area (Å²) in [6.45, 7) is 3.74. The van der Waals surface area contributed by atoms with Crippen LogP contribution in [-0.4, -0.2) is 24.0 Å². The number of carbonyl (C=O) groups is 2. The summed E-state index contributed by atoms with van der Waals surface area (Å²) >= 11 is 6.92. The molecule has 0 bridgehead atoms. The monoisotopic (exact) mass is 329 g/mol. The maximum atomic E-state index is 12.1. The minimum atomic E-state index is -0.799. The molecule has 1 N–H and O–H groups in total. The maximum Gasteiger partial charge on any atom is 0.349 e. The first-order valence-electron chi connectivity index (χ1n) is 7.24. The summed E-state index contributed by atoms with van der Waals surface area (Å²) in [5.41, 5.74) is 0. The van der Waals surface area contributed by atoms with E-state index in [1.54, 1.807) is 19.1 Å². The Labute approximate surface area is 133 Å². The van der Waals surface area contributed by atoms with Crippen LogP contribution >= 0.6 is 22.9 Å². The lowest BCUT2D eigenvalue weighted by molar-refractivity contribution is -0.130. The number of carbonyl (C=O) groups excluding carboxylic acids is 2. The van der Waals surface area contributed by atoms with Gasteiger partial charge in [-0.15, -0.1) is 11.3 Å². The number of amides is 1. The molecule has 0 unspecified atom stereocenters.